The first kappa shape index (κ1) is 12.3. The zero-order chi connectivity index (χ0) is 9.72. The lowest BCUT2D eigenvalue weighted by Crippen LogP contribution is -2.15. The van der Waals surface area contributed by atoms with Crippen molar-refractivity contribution in [1.29, 1.82) is 0 Å². The fourth-order valence-electron chi connectivity index (χ4n) is 0.928. The van der Waals surface area contributed by atoms with Gasteiger partial charge in [-0.15, -0.1) is 0 Å². The topological polar surface area (TPSA) is 12.0 Å². The van der Waals surface area contributed by atoms with E-state index in [0.717, 1.165) is 0 Å². The molecule has 0 saturated heterocycles. The predicted molar refractivity (Wildman–Crippen MR) is 64.6 cm³/mol. The number of allylic oxidation sites excluding steroid dienone is 2. The molecule has 0 saturated carbocycles. The molecule has 1 unspecified atom stereocenters. The highest BCUT2D eigenvalue weighted by molar-refractivity contribution is 14.1. The van der Waals surface area contributed by atoms with Gasteiger partial charge in [-0.25, -0.2) is 0 Å². The average Bonchev–Trinajstić information content (AvgIpc) is 1.98. The normalized spacial score (nSPS) is 15.5. The van der Waals surface area contributed by atoms with Crippen LogP contribution in [0, 0.1) is 11.8 Å². The zero-order valence-electron chi connectivity index (χ0n) is 8.69. The lowest BCUT2D eigenvalue weighted by atomic mass is 10.1. The summed E-state index contributed by atoms with van der Waals surface area (Å²) in [4.78, 5) is 0. The third-order valence-corrected chi connectivity index (χ3v) is 3.68. The van der Waals surface area contributed by atoms with Crippen molar-refractivity contribution in [2.75, 3.05) is 7.05 Å². The van der Waals surface area contributed by atoms with E-state index in [2.05, 4.69) is 61.7 Å². The van der Waals surface area contributed by atoms with E-state index in [1.165, 1.54) is 5.70 Å². The van der Waals surface area contributed by atoms with Gasteiger partial charge in [-0.2, -0.15) is 0 Å². The Bertz CT molecular complexity index is 150. The Morgan fingerprint density at radius 3 is 2.00 bits per heavy atom. The number of nitrogens with one attached hydrogen (secondary N) is 1. The molecule has 0 aliphatic rings. The van der Waals surface area contributed by atoms with Crippen LogP contribution in [0.2, 0.25) is 0 Å². The summed E-state index contributed by atoms with van der Waals surface area (Å²) in [5.74, 6) is 1.32. The van der Waals surface area contributed by atoms with E-state index in [0.29, 0.717) is 15.8 Å². The smallest absolute Gasteiger partial charge is 0.0331 e. The minimum absolute atomic E-state index is 0.603. The van der Waals surface area contributed by atoms with Gasteiger partial charge in [0.2, 0.25) is 0 Å². The number of rotatable bonds is 4. The Labute approximate surface area is 90.1 Å². The van der Waals surface area contributed by atoms with Crippen molar-refractivity contribution in [1.82, 2.24) is 5.32 Å². The second-order valence-electron chi connectivity index (χ2n) is 3.72. The van der Waals surface area contributed by atoms with Gasteiger partial charge in [0.25, 0.3) is 0 Å². The Morgan fingerprint density at radius 1 is 1.25 bits per heavy atom. The molecule has 0 aromatic heterocycles. The maximum absolute atomic E-state index is 3.24. The molecule has 0 aromatic rings. The highest BCUT2D eigenvalue weighted by Gasteiger charge is 2.08. The van der Waals surface area contributed by atoms with E-state index in [9.17, 15) is 0 Å². The standard InChI is InChI=1S/C10H20IN/c1-7(2)9(11)6-10(12-5)8(3)4/h6-9,12H,1-5H3/b10-6-. The van der Waals surface area contributed by atoms with Gasteiger partial charge < -0.3 is 5.32 Å². The van der Waals surface area contributed by atoms with Crippen LogP contribution in [-0.2, 0) is 0 Å². The molecule has 1 nitrogen and oxygen atoms in total. The highest BCUT2D eigenvalue weighted by Crippen LogP contribution is 2.17. The van der Waals surface area contributed by atoms with E-state index in [-0.39, 0.29) is 0 Å². The van der Waals surface area contributed by atoms with Gasteiger partial charge >= 0.3 is 0 Å². The summed E-state index contributed by atoms with van der Waals surface area (Å²) >= 11 is 2.49. The molecule has 72 valence electrons. The number of hydrogen-bond acceptors (Lipinski definition) is 1. The van der Waals surface area contributed by atoms with Gasteiger partial charge in [0.1, 0.15) is 0 Å². The molecule has 0 rings (SSSR count). The van der Waals surface area contributed by atoms with Crippen LogP contribution in [0.4, 0.5) is 0 Å². The molecule has 0 aliphatic carbocycles. The van der Waals surface area contributed by atoms with Crippen LogP contribution in [0.15, 0.2) is 11.8 Å². The third kappa shape index (κ3) is 4.33. The van der Waals surface area contributed by atoms with Crippen molar-refractivity contribution in [2.24, 2.45) is 11.8 Å². The van der Waals surface area contributed by atoms with Gasteiger partial charge in [-0.1, -0.05) is 56.4 Å². The van der Waals surface area contributed by atoms with E-state index >= 15 is 0 Å². The first-order chi connectivity index (χ1) is 5.49. The van der Waals surface area contributed by atoms with Crippen molar-refractivity contribution >= 4 is 22.6 Å². The fraction of sp³-hybridized carbons (Fsp3) is 0.800. The molecule has 0 bridgehead atoms. The lowest BCUT2D eigenvalue weighted by Gasteiger charge is -2.15. The molecule has 2 heteroatoms. The van der Waals surface area contributed by atoms with Gasteiger partial charge in [0.15, 0.2) is 0 Å². The Balaban J connectivity index is 4.27. The van der Waals surface area contributed by atoms with Gasteiger partial charge in [0, 0.05) is 16.7 Å². The molecule has 0 aliphatic heterocycles. The molecule has 1 atom stereocenters. The quantitative estimate of drug-likeness (QED) is 0.616. The maximum atomic E-state index is 3.24. The summed E-state index contributed by atoms with van der Waals surface area (Å²) in [6, 6.07) is 0. The van der Waals surface area contributed by atoms with Crippen LogP contribution < -0.4 is 5.32 Å². The molecule has 0 radical (unpaired) electrons. The average molecular weight is 281 g/mol. The molecular weight excluding hydrogens is 261 g/mol. The van der Waals surface area contributed by atoms with Crippen LogP contribution in [-0.4, -0.2) is 11.0 Å². The predicted octanol–water partition coefficient (Wildman–Crippen LogP) is 3.21. The summed E-state index contributed by atoms with van der Waals surface area (Å²) in [6.07, 6.45) is 2.33. The summed E-state index contributed by atoms with van der Waals surface area (Å²) in [7, 11) is 2.00. The highest BCUT2D eigenvalue weighted by atomic mass is 127. The summed E-state index contributed by atoms with van der Waals surface area (Å²) < 4.78 is 0.632. The van der Waals surface area contributed by atoms with Gasteiger partial charge in [-0.05, 0) is 11.8 Å². The minimum atomic E-state index is 0.603. The molecule has 0 aromatic carbocycles. The molecular formula is C10H20IN. The van der Waals surface area contributed by atoms with Crippen molar-refractivity contribution in [3.63, 3.8) is 0 Å². The molecule has 12 heavy (non-hydrogen) atoms. The minimum Gasteiger partial charge on any atom is -0.391 e. The fourth-order valence-corrected chi connectivity index (χ4v) is 1.32. The Kier molecular flexibility index (Phi) is 5.97. The summed E-state index contributed by atoms with van der Waals surface area (Å²) in [5, 5.41) is 3.24. The first-order valence-corrected chi connectivity index (χ1v) is 5.77. The monoisotopic (exact) mass is 281 g/mol. The van der Waals surface area contributed by atoms with E-state index in [4.69, 9.17) is 0 Å². The lowest BCUT2D eigenvalue weighted by molar-refractivity contribution is 0.656. The van der Waals surface area contributed by atoms with E-state index in [1.807, 2.05) is 7.05 Å². The molecule has 1 N–H and O–H groups in total. The second kappa shape index (κ2) is 5.84. The first-order valence-electron chi connectivity index (χ1n) is 4.52. The zero-order valence-corrected chi connectivity index (χ0v) is 10.8. The van der Waals surface area contributed by atoms with Gasteiger partial charge in [0.05, 0.1) is 0 Å². The number of halogens is 1. The Morgan fingerprint density at radius 2 is 1.75 bits per heavy atom. The van der Waals surface area contributed by atoms with Crippen LogP contribution in [0.25, 0.3) is 0 Å². The second-order valence-corrected chi connectivity index (χ2v) is 5.15. The Hall–Kier alpha value is 0.270. The van der Waals surface area contributed by atoms with E-state index < -0.39 is 0 Å². The van der Waals surface area contributed by atoms with Crippen LogP contribution in [0.1, 0.15) is 27.7 Å². The van der Waals surface area contributed by atoms with Crippen molar-refractivity contribution in [3.8, 4) is 0 Å². The molecule has 0 spiro atoms. The van der Waals surface area contributed by atoms with Crippen molar-refractivity contribution in [2.45, 2.75) is 31.6 Å². The molecule has 0 fully saturated rings. The van der Waals surface area contributed by atoms with Crippen LogP contribution in [0.3, 0.4) is 0 Å². The largest absolute Gasteiger partial charge is 0.391 e. The van der Waals surface area contributed by atoms with Crippen molar-refractivity contribution < 1.29 is 0 Å². The SMILES string of the molecule is CN/C(=C\C(I)C(C)C)C(C)C. The maximum Gasteiger partial charge on any atom is 0.0331 e. The summed E-state index contributed by atoms with van der Waals surface area (Å²) in [5.41, 5.74) is 1.35. The molecule has 0 amide bonds. The van der Waals surface area contributed by atoms with Gasteiger partial charge in [-0.3, -0.25) is 0 Å². The molecule has 0 heterocycles. The van der Waals surface area contributed by atoms with Crippen molar-refractivity contribution in [3.05, 3.63) is 11.8 Å². The number of alkyl halides is 1. The van der Waals surface area contributed by atoms with E-state index in [1.54, 1.807) is 0 Å². The summed E-state index contributed by atoms with van der Waals surface area (Å²) in [6.45, 7) is 8.93. The van der Waals surface area contributed by atoms with Crippen LogP contribution in [0.5, 0.6) is 0 Å². The number of hydrogen-bond donors (Lipinski definition) is 1. The van der Waals surface area contributed by atoms with Crippen LogP contribution >= 0.6 is 22.6 Å². The third-order valence-electron chi connectivity index (χ3n) is 1.89.